The first-order chi connectivity index (χ1) is 11.2. The number of nitrogens with zero attached hydrogens (tertiary/aromatic N) is 3. The van der Waals surface area contributed by atoms with Crippen molar-refractivity contribution in [3.05, 3.63) is 30.0 Å². The van der Waals surface area contributed by atoms with Gasteiger partial charge in [0.1, 0.15) is 0 Å². The summed E-state index contributed by atoms with van der Waals surface area (Å²) >= 11 is 1.45. The van der Waals surface area contributed by atoms with Gasteiger partial charge in [-0.2, -0.15) is 0 Å². The molecule has 1 atom stereocenters. The van der Waals surface area contributed by atoms with Crippen LogP contribution in [0.25, 0.3) is 10.9 Å². The van der Waals surface area contributed by atoms with Crippen molar-refractivity contribution in [2.45, 2.75) is 50.7 Å². The van der Waals surface area contributed by atoms with Crippen molar-refractivity contribution < 1.29 is 4.79 Å². The summed E-state index contributed by atoms with van der Waals surface area (Å²) in [5.74, 6) is 0.643. The van der Waals surface area contributed by atoms with Crippen LogP contribution in [0.5, 0.6) is 0 Å². The zero-order valence-corrected chi connectivity index (χ0v) is 14.6. The molecule has 1 aliphatic rings. The maximum Gasteiger partial charge on any atom is 0.233 e. The number of piperidine rings is 1. The van der Waals surface area contributed by atoms with Crippen LogP contribution in [0.4, 0.5) is 0 Å². The van der Waals surface area contributed by atoms with E-state index in [0.29, 0.717) is 17.0 Å². The monoisotopic (exact) mass is 329 g/mol. The minimum atomic E-state index is 0.218. The molecule has 4 nitrogen and oxygen atoms in total. The van der Waals surface area contributed by atoms with Crippen molar-refractivity contribution >= 4 is 28.6 Å². The highest BCUT2D eigenvalue weighted by Gasteiger charge is 2.25. The zero-order valence-electron chi connectivity index (χ0n) is 13.8. The summed E-state index contributed by atoms with van der Waals surface area (Å²) in [6, 6.07) is 8.41. The van der Waals surface area contributed by atoms with E-state index in [2.05, 4.69) is 21.8 Å². The third kappa shape index (κ3) is 3.66. The van der Waals surface area contributed by atoms with Gasteiger partial charge in [-0.15, -0.1) is 0 Å². The molecule has 1 aromatic carbocycles. The minimum absolute atomic E-state index is 0.218. The number of para-hydroxylation sites is 1. The molecule has 0 spiro atoms. The summed E-state index contributed by atoms with van der Waals surface area (Å²) in [6.07, 6.45) is 4.54. The Balaban J connectivity index is 1.69. The molecule has 0 radical (unpaired) electrons. The Morgan fingerprint density at radius 1 is 1.30 bits per heavy atom. The molecule has 1 aliphatic heterocycles. The molecule has 0 saturated carbocycles. The van der Waals surface area contributed by atoms with Crippen LogP contribution in [-0.4, -0.2) is 39.1 Å². The van der Waals surface area contributed by atoms with Crippen molar-refractivity contribution in [1.29, 1.82) is 0 Å². The van der Waals surface area contributed by atoms with Gasteiger partial charge in [0.25, 0.3) is 0 Å². The molecule has 1 amide bonds. The molecule has 3 rings (SSSR count). The normalized spacial score (nSPS) is 18.3. The number of fused-ring (bicyclic) bond motifs is 1. The molecule has 122 valence electrons. The minimum Gasteiger partial charge on any atom is -0.339 e. The molecule has 2 aromatic rings. The molecule has 1 fully saturated rings. The summed E-state index contributed by atoms with van der Waals surface area (Å²) in [4.78, 5) is 23.7. The third-order valence-corrected chi connectivity index (χ3v) is 5.35. The van der Waals surface area contributed by atoms with E-state index in [1.165, 1.54) is 18.2 Å². The fourth-order valence-corrected chi connectivity index (χ4v) is 4.02. The molecular formula is C18H23N3OS. The number of benzene rings is 1. The van der Waals surface area contributed by atoms with Gasteiger partial charge in [-0.3, -0.25) is 4.79 Å². The van der Waals surface area contributed by atoms with Crippen molar-refractivity contribution in [1.82, 2.24) is 14.9 Å². The maximum absolute atomic E-state index is 12.5. The summed E-state index contributed by atoms with van der Waals surface area (Å²) in [7, 11) is 0. The van der Waals surface area contributed by atoms with Gasteiger partial charge < -0.3 is 4.90 Å². The molecular weight excluding hydrogens is 306 g/mol. The smallest absolute Gasteiger partial charge is 0.233 e. The second kappa shape index (κ2) is 7.30. The fourth-order valence-electron chi connectivity index (χ4n) is 3.24. The first-order valence-corrected chi connectivity index (χ1v) is 9.33. The number of amides is 1. The van der Waals surface area contributed by atoms with E-state index in [1.807, 2.05) is 31.2 Å². The largest absolute Gasteiger partial charge is 0.339 e. The van der Waals surface area contributed by atoms with E-state index in [0.717, 1.165) is 42.4 Å². The number of carbonyl (C=O) groups is 1. The Labute approximate surface area is 141 Å². The van der Waals surface area contributed by atoms with E-state index in [4.69, 9.17) is 0 Å². The first-order valence-electron chi connectivity index (χ1n) is 8.34. The van der Waals surface area contributed by atoms with Gasteiger partial charge >= 0.3 is 0 Å². The van der Waals surface area contributed by atoms with Gasteiger partial charge in [0.05, 0.1) is 11.3 Å². The number of hydrogen-bond acceptors (Lipinski definition) is 4. The second-order valence-corrected chi connectivity index (χ2v) is 6.98. The lowest BCUT2D eigenvalue weighted by Crippen LogP contribution is -2.44. The second-order valence-electron chi connectivity index (χ2n) is 6.04. The van der Waals surface area contributed by atoms with Crippen molar-refractivity contribution in [2.75, 3.05) is 12.3 Å². The van der Waals surface area contributed by atoms with Gasteiger partial charge in [-0.05, 0) is 38.7 Å². The molecule has 0 bridgehead atoms. The van der Waals surface area contributed by atoms with Crippen molar-refractivity contribution in [2.24, 2.45) is 0 Å². The predicted molar refractivity (Wildman–Crippen MR) is 94.6 cm³/mol. The van der Waals surface area contributed by atoms with Crippen LogP contribution < -0.4 is 0 Å². The quantitative estimate of drug-likeness (QED) is 0.632. The lowest BCUT2D eigenvalue weighted by molar-refractivity contribution is -0.132. The molecule has 0 N–H and O–H groups in total. The highest BCUT2D eigenvalue weighted by atomic mass is 32.2. The topological polar surface area (TPSA) is 46.1 Å². The van der Waals surface area contributed by atoms with E-state index in [9.17, 15) is 4.79 Å². The van der Waals surface area contributed by atoms with Crippen LogP contribution in [0, 0.1) is 6.92 Å². The number of thioether (sulfide) groups is 1. The molecule has 0 aliphatic carbocycles. The zero-order chi connectivity index (χ0) is 16.2. The lowest BCUT2D eigenvalue weighted by atomic mass is 10.0. The Bertz CT molecular complexity index is 704. The summed E-state index contributed by atoms with van der Waals surface area (Å²) in [6.45, 7) is 5.06. The summed E-state index contributed by atoms with van der Waals surface area (Å²) in [5, 5.41) is 1.77. The molecule has 1 unspecified atom stereocenters. The van der Waals surface area contributed by atoms with E-state index >= 15 is 0 Å². The number of likely N-dealkylation sites (tertiary alicyclic amines) is 1. The molecule has 1 aromatic heterocycles. The summed E-state index contributed by atoms with van der Waals surface area (Å²) < 4.78 is 0. The van der Waals surface area contributed by atoms with Gasteiger partial charge in [-0.1, -0.05) is 36.9 Å². The Hall–Kier alpha value is -1.62. The highest BCUT2D eigenvalue weighted by molar-refractivity contribution is 7.99. The Morgan fingerprint density at radius 3 is 2.96 bits per heavy atom. The van der Waals surface area contributed by atoms with Crippen LogP contribution in [0.2, 0.25) is 0 Å². The third-order valence-electron chi connectivity index (χ3n) is 4.52. The van der Waals surface area contributed by atoms with Gasteiger partial charge in [0.2, 0.25) is 5.91 Å². The van der Waals surface area contributed by atoms with Gasteiger partial charge in [-0.25, -0.2) is 9.97 Å². The van der Waals surface area contributed by atoms with E-state index < -0.39 is 0 Å². The molecule has 5 heteroatoms. The van der Waals surface area contributed by atoms with Crippen LogP contribution in [0.1, 0.15) is 38.3 Å². The Morgan fingerprint density at radius 2 is 2.13 bits per heavy atom. The van der Waals surface area contributed by atoms with Crippen LogP contribution in [-0.2, 0) is 4.79 Å². The number of rotatable bonds is 4. The van der Waals surface area contributed by atoms with Gasteiger partial charge in [0, 0.05) is 23.7 Å². The number of carbonyl (C=O) groups excluding carboxylic acids is 1. The maximum atomic E-state index is 12.5. The standard InChI is InChI=1S/C18H23N3OS/c1-3-14-8-6-7-11-21(14)17(22)12-23-18-19-13(2)15-9-4-5-10-16(15)20-18/h4-5,9-10,14H,3,6-8,11-12H2,1-2H3. The summed E-state index contributed by atoms with van der Waals surface area (Å²) in [5.41, 5.74) is 1.91. The lowest BCUT2D eigenvalue weighted by Gasteiger charge is -2.35. The average Bonchev–Trinajstić information content (AvgIpc) is 2.59. The SMILES string of the molecule is CCC1CCCCN1C(=O)CSc1nc(C)c2ccccc2n1. The van der Waals surface area contributed by atoms with Gasteiger partial charge in [0.15, 0.2) is 5.16 Å². The molecule has 1 saturated heterocycles. The van der Waals surface area contributed by atoms with E-state index in [1.54, 1.807) is 0 Å². The Kier molecular flexibility index (Phi) is 5.16. The fraction of sp³-hybridized carbons (Fsp3) is 0.500. The van der Waals surface area contributed by atoms with Crippen molar-refractivity contribution in [3.63, 3.8) is 0 Å². The molecule has 23 heavy (non-hydrogen) atoms. The highest BCUT2D eigenvalue weighted by Crippen LogP contribution is 2.23. The predicted octanol–water partition coefficient (Wildman–Crippen LogP) is 3.82. The first kappa shape index (κ1) is 16.2. The molecule has 2 heterocycles. The van der Waals surface area contributed by atoms with Crippen molar-refractivity contribution in [3.8, 4) is 0 Å². The van der Waals surface area contributed by atoms with E-state index in [-0.39, 0.29) is 5.91 Å². The number of hydrogen-bond donors (Lipinski definition) is 0. The number of aryl methyl sites for hydroxylation is 1. The average molecular weight is 329 g/mol. The van der Waals surface area contributed by atoms with Crippen LogP contribution >= 0.6 is 11.8 Å². The van der Waals surface area contributed by atoms with Crippen LogP contribution in [0.3, 0.4) is 0 Å². The van der Waals surface area contributed by atoms with Crippen LogP contribution in [0.15, 0.2) is 29.4 Å². The number of aromatic nitrogens is 2.